The van der Waals surface area contributed by atoms with Gasteiger partial charge in [0.2, 0.25) is 0 Å². The predicted octanol–water partition coefficient (Wildman–Crippen LogP) is 4.35. The first-order chi connectivity index (χ1) is 15.9. The van der Waals surface area contributed by atoms with Crippen LogP contribution in [0.25, 0.3) is 0 Å². The van der Waals surface area contributed by atoms with Gasteiger partial charge in [-0.3, -0.25) is 9.69 Å². The van der Waals surface area contributed by atoms with Crippen LogP contribution in [0.1, 0.15) is 12.8 Å². The zero-order valence-electron chi connectivity index (χ0n) is 17.6. The largest absolute Gasteiger partial charge is 0.488 e. The third-order valence-corrected chi connectivity index (χ3v) is 5.35. The Labute approximate surface area is 187 Å². The Balaban J connectivity index is 1.44. The molecule has 0 aromatic heterocycles. The molecular weight excluding hydrogens is 444 g/mol. The number of hydrogen-bond acceptors (Lipinski definition) is 5. The summed E-state index contributed by atoms with van der Waals surface area (Å²) in [5, 5.41) is 0. The quantitative estimate of drug-likeness (QED) is 0.515. The number of carbonyl (C=O) groups is 1. The molecule has 0 saturated carbocycles. The first-order valence-corrected chi connectivity index (χ1v) is 10.5. The number of ether oxygens (including phenoxy) is 3. The van der Waals surface area contributed by atoms with Gasteiger partial charge < -0.3 is 19.1 Å². The van der Waals surface area contributed by atoms with Crippen molar-refractivity contribution in [2.45, 2.75) is 19.5 Å². The monoisotopic (exact) mass is 466 g/mol. The van der Waals surface area contributed by atoms with E-state index in [1.165, 1.54) is 29.2 Å². The Morgan fingerprint density at radius 2 is 1.76 bits per heavy atom. The lowest BCUT2D eigenvalue weighted by atomic mass is 10.2. The molecule has 0 spiro atoms. The summed E-state index contributed by atoms with van der Waals surface area (Å²) in [6.45, 7) is -0.00415. The van der Waals surface area contributed by atoms with E-state index < -0.39 is 24.2 Å². The lowest BCUT2D eigenvalue weighted by Crippen LogP contribution is -2.28. The number of hydrogen-bond donors (Lipinski definition) is 0. The fourth-order valence-corrected chi connectivity index (χ4v) is 3.72. The molecule has 10 heteroatoms. The lowest BCUT2D eigenvalue weighted by Gasteiger charge is -2.20. The highest BCUT2D eigenvalue weighted by Crippen LogP contribution is 2.35. The van der Waals surface area contributed by atoms with Crippen LogP contribution in [0.5, 0.6) is 17.2 Å². The van der Waals surface area contributed by atoms with Crippen LogP contribution >= 0.6 is 0 Å². The summed E-state index contributed by atoms with van der Waals surface area (Å²) in [6.07, 6.45) is 3.72. The van der Waals surface area contributed by atoms with Crippen LogP contribution < -0.4 is 19.1 Å². The average molecular weight is 466 g/mol. The maximum absolute atomic E-state index is 13.4. The summed E-state index contributed by atoms with van der Waals surface area (Å²) in [5.41, 5.74) is 0.294. The molecule has 2 aliphatic rings. The Morgan fingerprint density at radius 3 is 2.48 bits per heavy atom. The first-order valence-electron chi connectivity index (χ1n) is 10.5. The van der Waals surface area contributed by atoms with Crippen molar-refractivity contribution in [3.63, 3.8) is 0 Å². The molecule has 6 nitrogen and oxygen atoms in total. The van der Waals surface area contributed by atoms with Gasteiger partial charge in [0, 0.05) is 30.9 Å². The maximum Gasteiger partial charge on any atom is 0.387 e. The van der Waals surface area contributed by atoms with Gasteiger partial charge >= 0.3 is 6.61 Å². The van der Waals surface area contributed by atoms with Crippen LogP contribution in [0, 0.1) is 11.6 Å². The van der Waals surface area contributed by atoms with E-state index in [0.29, 0.717) is 18.8 Å². The van der Waals surface area contributed by atoms with Crippen molar-refractivity contribution in [3.8, 4) is 17.2 Å². The van der Waals surface area contributed by atoms with Crippen molar-refractivity contribution < 1.29 is 36.6 Å². The Kier molecular flexibility index (Phi) is 7.02. The molecule has 0 bridgehead atoms. The summed E-state index contributed by atoms with van der Waals surface area (Å²) in [6, 6.07) is 7.23. The number of anilines is 1. The van der Waals surface area contributed by atoms with Crippen molar-refractivity contribution in [2.24, 2.45) is 0 Å². The van der Waals surface area contributed by atoms with Crippen molar-refractivity contribution in [1.29, 1.82) is 0 Å². The van der Waals surface area contributed by atoms with Crippen LogP contribution in [0.3, 0.4) is 0 Å². The van der Waals surface area contributed by atoms with Crippen LogP contribution in [0.4, 0.5) is 23.2 Å². The Morgan fingerprint density at radius 1 is 0.970 bits per heavy atom. The van der Waals surface area contributed by atoms with E-state index in [1.54, 1.807) is 6.07 Å². The van der Waals surface area contributed by atoms with Gasteiger partial charge in [-0.15, -0.1) is 0 Å². The average Bonchev–Trinajstić information content (AvgIpc) is 3.42. The highest BCUT2D eigenvalue weighted by Gasteiger charge is 2.28. The highest BCUT2D eigenvalue weighted by atomic mass is 19.3. The second-order valence-corrected chi connectivity index (χ2v) is 7.57. The molecule has 1 saturated heterocycles. The van der Waals surface area contributed by atoms with Gasteiger partial charge in [-0.05, 0) is 56.3 Å². The van der Waals surface area contributed by atoms with E-state index in [2.05, 4.69) is 9.64 Å². The highest BCUT2D eigenvalue weighted by molar-refractivity contribution is 6.07. The first kappa shape index (κ1) is 22.9. The van der Waals surface area contributed by atoms with Gasteiger partial charge in [0.15, 0.2) is 28.9 Å². The van der Waals surface area contributed by atoms with E-state index in [-0.39, 0.29) is 29.6 Å². The molecule has 4 rings (SSSR count). The van der Waals surface area contributed by atoms with Crippen molar-refractivity contribution in [2.75, 3.05) is 37.7 Å². The SMILES string of the molecule is O=C1C(Oc2ccc(F)c(F)c2)=CCN1c1ccc(OCCN2CCCC2)c(OC(F)F)c1. The van der Waals surface area contributed by atoms with Gasteiger partial charge in [-0.1, -0.05) is 0 Å². The number of halogens is 4. The number of benzene rings is 2. The normalized spacial score (nSPS) is 16.5. The van der Waals surface area contributed by atoms with Gasteiger partial charge in [0.25, 0.3) is 5.91 Å². The Bertz CT molecular complexity index is 1040. The van der Waals surface area contributed by atoms with Crippen molar-refractivity contribution in [3.05, 3.63) is 59.9 Å². The van der Waals surface area contributed by atoms with E-state index in [0.717, 1.165) is 38.1 Å². The smallest absolute Gasteiger partial charge is 0.387 e. The maximum atomic E-state index is 13.4. The molecule has 0 N–H and O–H groups in total. The molecule has 0 radical (unpaired) electrons. The minimum Gasteiger partial charge on any atom is -0.488 e. The number of rotatable bonds is 9. The molecule has 2 aliphatic heterocycles. The molecule has 0 atom stereocenters. The minimum absolute atomic E-state index is 0.0428. The van der Waals surface area contributed by atoms with Crippen LogP contribution in [0.2, 0.25) is 0 Å². The standard InChI is InChI=1S/C23H22F4N2O4/c24-17-5-4-16(14-18(17)25)32-20-7-10-29(22(20)30)15-3-6-19(21(13-15)33-23(26)27)31-12-11-28-8-1-2-9-28/h3-7,13-14,23H,1-2,8-12H2. The summed E-state index contributed by atoms with van der Waals surface area (Å²) in [7, 11) is 0. The summed E-state index contributed by atoms with van der Waals surface area (Å²) in [5.74, 6) is -2.88. The molecule has 33 heavy (non-hydrogen) atoms. The van der Waals surface area contributed by atoms with E-state index >= 15 is 0 Å². The number of nitrogens with zero attached hydrogens (tertiary/aromatic N) is 2. The number of carbonyl (C=O) groups excluding carboxylic acids is 1. The van der Waals surface area contributed by atoms with E-state index in [1.807, 2.05) is 0 Å². The van der Waals surface area contributed by atoms with Crippen molar-refractivity contribution in [1.82, 2.24) is 4.90 Å². The van der Waals surface area contributed by atoms with Crippen LogP contribution in [-0.4, -0.2) is 50.2 Å². The molecule has 2 heterocycles. The number of likely N-dealkylation sites (tertiary alicyclic amines) is 1. The van der Waals surface area contributed by atoms with E-state index in [9.17, 15) is 22.4 Å². The second-order valence-electron chi connectivity index (χ2n) is 7.57. The topological polar surface area (TPSA) is 51.2 Å². The summed E-state index contributed by atoms with van der Waals surface area (Å²) >= 11 is 0. The van der Waals surface area contributed by atoms with Crippen LogP contribution in [-0.2, 0) is 4.79 Å². The molecule has 0 aliphatic carbocycles. The third kappa shape index (κ3) is 5.57. The molecular formula is C23H22F4N2O4. The molecule has 176 valence electrons. The second kappa shape index (κ2) is 10.1. The third-order valence-electron chi connectivity index (χ3n) is 5.35. The molecule has 2 aromatic carbocycles. The summed E-state index contributed by atoms with van der Waals surface area (Å²) < 4.78 is 68.1. The van der Waals surface area contributed by atoms with Gasteiger partial charge in [0.1, 0.15) is 12.4 Å². The van der Waals surface area contributed by atoms with E-state index in [4.69, 9.17) is 9.47 Å². The number of alkyl halides is 2. The minimum atomic E-state index is -3.07. The van der Waals surface area contributed by atoms with Gasteiger partial charge in [-0.25, -0.2) is 8.78 Å². The molecule has 0 unspecified atom stereocenters. The van der Waals surface area contributed by atoms with Crippen molar-refractivity contribution >= 4 is 11.6 Å². The molecule has 1 amide bonds. The fourth-order valence-electron chi connectivity index (χ4n) is 3.72. The Hall–Kier alpha value is -3.27. The van der Waals surface area contributed by atoms with Crippen LogP contribution in [0.15, 0.2) is 48.2 Å². The zero-order chi connectivity index (χ0) is 23.4. The van der Waals surface area contributed by atoms with Gasteiger partial charge in [-0.2, -0.15) is 8.78 Å². The predicted molar refractivity (Wildman–Crippen MR) is 112 cm³/mol. The van der Waals surface area contributed by atoms with Gasteiger partial charge in [0.05, 0.1) is 0 Å². The molecule has 1 fully saturated rings. The molecule has 2 aromatic rings. The lowest BCUT2D eigenvalue weighted by molar-refractivity contribution is -0.116. The summed E-state index contributed by atoms with van der Waals surface area (Å²) in [4.78, 5) is 16.2. The fraction of sp³-hybridized carbons (Fsp3) is 0.348. The number of amides is 1. The zero-order valence-corrected chi connectivity index (χ0v) is 17.6.